The molecule has 1 aliphatic carbocycles. The van der Waals surface area contributed by atoms with Crippen LogP contribution in [-0.2, 0) is 27.4 Å². The van der Waals surface area contributed by atoms with E-state index in [9.17, 15) is 19.2 Å². The average Bonchev–Trinajstić information content (AvgIpc) is 3.58. The third-order valence-corrected chi connectivity index (χ3v) is 14.0. The number of aryl methyl sites for hydroxylation is 1. The zero-order valence-electron chi connectivity index (χ0n) is 36.1. The van der Waals surface area contributed by atoms with Crippen LogP contribution in [0.1, 0.15) is 98.9 Å². The second-order valence-corrected chi connectivity index (χ2v) is 17.9. The monoisotopic (exact) mass is 858 g/mol. The maximum absolute atomic E-state index is 13.4. The van der Waals surface area contributed by atoms with E-state index in [1.807, 2.05) is 24.3 Å². The second kappa shape index (κ2) is 18.1. The Labute approximate surface area is 374 Å². The Morgan fingerprint density at radius 2 is 1.45 bits per heavy atom. The summed E-state index contributed by atoms with van der Waals surface area (Å²) >= 11 is 0. The maximum Gasteiger partial charge on any atom is 0.262 e. The van der Waals surface area contributed by atoms with Gasteiger partial charge in [-0.1, -0.05) is 78.9 Å². The topological polar surface area (TPSA) is 118 Å². The van der Waals surface area contributed by atoms with Gasteiger partial charge in [0.15, 0.2) is 0 Å². The highest BCUT2D eigenvalue weighted by Crippen LogP contribution is 2.47. The normalized spacial score (nSPS) is 22.0. The largest absolute Gasteiger partial charge is 0.494 e. The molecular formula is C53H54N4O7. The summed E-state index contributed by atoms with van der Waals surface area (Å²) in [6.45, 7) is 6.05. The fourth-order valence-corrected chi connectivity index (χ4v) is 10.6. The Morgan fingerprint density at radius 3 is 2.23 bits per heavy atom. The Morgan fingerprint density at radius 1 is 0.703 bits per heavy atom. The first-order chi connectivity index (χ1) is 31.3. The Hall–Kier alpha value is -6.30. The molecule has 0 bridgehead atoms. The van der Waals surface area contributed by atoms with Crippen molar-refractivity contribution in [3.8, 4) is 11.5 Å². The van der Waals surface area contributed by atoms with Crippen LogP contribution in [0.3, 0.4) is 0 Å². The van der Waals surface area contributed by atoms with E-state index in [0.29, 0.717) is 36.9 Å². The number of hydrogen-bond donors (Lipinski definition) is 1. The van der Waals surface area contributed by atoms with Gasteiger partial charge in [0.05, 0.1) is 29.9 Å². The van der Waals surface area contributed by atoms with Crippen LogP contribution in [0.15, 0.2) is 121 Å². The molecule has 5 aliphatic rings. The number of anilines is 1. The molecule has 5 aromatic carbocycles. The van der Waals surface area contributed by atoms with Gasteiger partial charge in [-0.05, 0) is 115 Å². The highest BCUT2D eigenvalue weighted by molar-refractivity contribution is 6.23. The van der Waals surface area contributed by atoms with Gasteiger partial charge in [0.1, 0.15) is 24.1 Å². The van der Waals surface area contributed by atoms with Crippen LogP contribution >= 0.6 is 0 Å². The summed E-state index contributed by atoms with van der Waals surface area (Å²) in [5.74, 6) is 0.425. The molecule has 10 rings (SSSR count). The number of nitrogens with zero attached hydrogens (tertiary/aromatic N) is 3. The molecule has 11 nitrogen and oxygen atoms in total. The quantitative estimate of drug-likeness (QED) is 0.0997. The molecule has 11 heteroatoms. The van der Waals surface area contributed by atoms with Crippen LogP contribution in [-0.4, -0.2) is 91.0 Å². The molecule has 5 aromatic rings. The van der Waals surface area contributed by atoms with Crippen molar-refractivity contribution in [2.75, 3.05) is 50.8 Å². The zero-order valence-corrected chi connectivity index (χ0v) is 36.1. The summed E-state index contributed by atoms with van der Waals surface area (Å²) in [5, 5.41) is 2.26. The molecule has 3 fully saturated rings. The lowest BCUT2D eigenvalue weighted by Crippen LogP contribution is -2.57. The van der Waals surface area contributed by atoms with E-state index in [1.165, 1.54) is 22.3 Å². The Kier molecular flexibility index (Phi) is 11.8. The first kappa shape index (κ1) is 41.7. The number of ether oxygens (including phenoxy) is 3. The van der Waals surface area contributed by atoms with Gasteiger partial charge in [-0.2, -0.15) is 0 Å². The predicted molar refractivity (Wildman–Crippen MR) is 243 cm³/mol. The van der Waals surface area contributed by atoms with Gasteiger partial charge in [-0.15, -0.1) is 0 Å². The molecule has 0 radical (unpaired) electrons. The maximum atomic E-state index is 13.4. The van der Waals surface area contributed by atoms with E-state index in [2.05, 4.69) is 100 Å². The number of piperidine rings is 2. The molecule has 4 heterocycles. The Bertz CT molecular complexity index is 2520. The molecule has 4 amide bonds. The van der Waals surface area contributed by atoms with Gasteiger partial charge in [-0.25, -0.2) is 0 Å². The minimum atomic E-state index is -0.978. The highest BCUT2D eigenvalue weighted by atomic mass is 16.5. The van der Waals surface area contributed by atoms with Gasteiger partial charge in [-0.3, -0.25) is 34.3 Å². The van der Waals surface area contributed by atoms with E-state index >= 15 is 0 Å². The number of fused-ring (bicyclic) bond motifs is 2. The van der Waals surface area contributed by atoms with Gasteiger partial charge >= 0.3 is 0 Å². The summed E-state index contributed by atoms with van der Waals surface area (Å²) in [6.07, 6.45) is 4.90. The molecule has 1 unspecified atom stereocenters. The number of nitrogens with one attached hydrogen (secondary N) is 1. The second-order valence-electron chi connectivity index (χ2n) is 17.9. The van der Waals surface area contributed by atoms with E-state index in [-0.39, 0.29) is 30.3 Å². The minimum absolute atomic E-state index is 0.0920. The third kappa shape index (κ3) is 8.54. The zero-order chi connectivity index (χ0) is 43.6. The lowest BCUT2D eigenvalue weighted by molar-refractivity contribution is -0.136. The number of amides is 4. The van der Waals surface area contributed by atoms with Gasteiger partial charge in [0.2, 0.25) is 11.8 Å². The first-order valence-corrected chi connectivity index (χ1v) is 22.8. The Balaban J connectivity index is 0.725. The van der Waals surface area contributed by atoms with Crippen LogP contribution in [0.2, 0.25) is 0 Å². The number of carbonyl (C=O) groups excluding carboxylic acids is 4. The van der Waals surface area contributed by atoms with Crippen LogP contribution in [0.4, 0.5) is 5.69 Å². The van der Waals surface area contributed by atoms with E-state index in [1.54, 1.807) is 12.1 Å². The van der Waals surface area contributed by atoms with E-state index in [0.717, 1.165) is 92.5 Å². The lowest BCUT2D eigenvalue weighted by Gasteiger charge is -2.48. The molecule has 0 aromatic heterocycles. The van der Waals surface area contributed by atoms with Crippen molar-refractivity contribution in [2.45, 2.75) is 75.0 Å². The molecular weight excluding hydrogens is 805 g/mol. The van der Waals surface area contributed by atoms with E-state index < -0.39 is 23.8 Å². The molecule has 3 atom stereocenters. The molecule has 64 heavy (non-hydrogen) atoms. The molecule has 0 saturated carbocycles. The van der Waals surface area contributed by atoms with Crippen LogP contribution in [0, 0.1) is 0 Å². The van der Waals surface area contributed by atoms with Crippen molar-refractivity contribution in [1.82, 2.24) is 15.1 Å². The van der Waals surface area contributed by atoms with Gasteiger partial charge in [0.25, 0.3) is 11.8 Å². The average molecular weight is 859 g/mol. The van der Waals surface area contributed by atoms with E-state index in [4.69, 9.17) is 14.2 Å². The number of rotatable bonds is 12. The molecule has 1 N–H and O–H groups in total. The molecule has 328 valence electrons. The van der Waals surface area contributed by atoms with Crippen LogP contribution in [0.25, 0.3) is 0 Å². The smallest absolute Gasteiger partial charge is 0.262 e. The summed E-state index contributed by atoms with van der Waals surface area (Å²) < 4.78 is 19.1. The summed E-state index contributed by atoms with van der Waals surface area (Å²) in [5.41, 5.74) is 7.78. The third-order valence-electron chi connectivity index (χ3n) is 14.0. The number of carbonyl (C=O) groups is 4. The van der Waals surface area contributed by atoms with Gasteiger partial charge < -0.3 is 19.1 Å². The number of hydrogen-bond acceptors (Lipinski definition) is 9. The van der Waals surface area contributed by atoms with Crippen LogP contribution in [0.5, 0.6) is 11.5 Å². The first-order valence-electron chi connectivity index (χ1n) is 22.8. The van der Waals surface area contributed by atoms with Crippen molar-refractivity contribution in [3.63, 3.8) is 0 Å². The summed E-state index contributed by atoms with van der Waals surface area (Å²) in [4.78, 5) is 56.6. The number of morpholine rings is 1. The van der Waals surface area contributed by atoms with Gasteiger partial charge in [0, 0.05) is 50.7 Å². The van der Waals surface area contributed by atoms with Crippen molar-refractivity contribution >= 4 is 29.3 Å². The summed E-state index contributed by atoms with van der Waals surface area (Å²) in [6, 6.07) is 41.0. The molecule has 1 spiro atoms. The predicted octanol–water partition coefficient (Wildman–Crippen LogP) is 7.67. The highest BCUT2D eigenvalue weighted by Gasteiger charge is 2.45. The van der Waals surface area contributed by atoms with Crippen molar-refractivity contribution < 1.29 is 33.4 Å². The number of benzene rings is 5. The lowest BCUT2D eigenvalue weighted by atomic mass is 9.69. The number of imide groups is 2. The minimum Gasteiger partial charge on any atom is -0.494 e. The van der Waals surface area contributed by atoms with Crippen LogP contribution < -0.4 is 19.7 Å². The van der Waals surface area contributed by atoms with Crippen molar-refractivity contribution in [2.24, 2.45) is 0 Å². The fourth-order valence-electron chi connectivity index (χ4n) is 10.6. The molecule has 3 saturated heterocycles. The standard InChI is InChI=1S/C53H54N4O7/c58-48-23-22-47(50(59)54-48)57-51(60)45-20-15-40(33-46(45)52(57)61)56-27-24-53(25-28-56)35-55(29-31-64-53)26-7-30-62-41-16-12-38(13-17-41)49-43(37-10-5-2-6-11-37)19-14-39-32-42(18-21-44(39)49)63-34-36-8-3-1-4-9-36/h1-6,8-13,15-18,20-21,32-33,43,47,49H,7,14,19,22-31,34-35H2,(H,54,58,59)/t43-,47?,49+/m1/s1. The summed E-state index contributed by atoms with van der Waals surface area (Å²) in [7, 11) is 0. The SMILES string of the molecule is O=C1CCC(N2C(=O)c3ccc(N4CCC5(CC4)CN(CCCOc4ccc([C@@H]6c7ccc(OCc8ccccc8)cc7CC[C@@H]6c6ccccc6)cc4)CCO5)cc3C2=O)C(=O)N1. The fraction of sp³-hybridized carbons (Fsp3) is 0.358. The molecule has 4 aliphatic heterocycles. The van der Waals surface area contributed by atoms with Crippen molar-refractivity contribution in [1.29, 1.82) is 0 Å². The van der Waals surface area contributed by atoms with Crippen molar-refractivity contribution in [3.05, 3.63) is 160 Å².